The number of rotatable bonds is 2. The zero-order valence-electron chi connectivity index (χ0n) is 18.0. The van der Waals surface area contributed by atoms with E-state index in [0.717, 1.165) is 29.5 Å². The molecule has 0 radical (unpaired) electrons. The highest BCUT2D eigenvalue weighted by Gasteiger charge is 2.55. The van der Waals surface area contributed by atoms with E-state index in [1.807, 2.05) is 32.9 Å². The van der Waals surface area contributed by atoms with E-state index in [9.17, 15) is 14.7 Å². The first-order valence-corrected chi connectivity index (χ1v) is 10.2. The molecule has 1 heterocycles. The van der Waals surface area contributed by atoms with Crippen molar-refractivity contribution in [1.82, 2.24) is 4.90 Å². The van der Waals surface area contributed by atoms with Crippen LogP contribution >= 0.6 is 0 Å². The van der Waals surface area contributed by atoms with Crippen molar-refractivity contribution >= 4 is 11.9 Å². The Bertz CT molecular complexity index is 761. The summed E-state index contributed by atoms with van der Waals surface area (Å²) in [5.74, 6) is -0.662. The third kappa shape index (κ3) is 3.57. The lowest BCUT2D eigenvalue weighted by Crippen LogP contribution is -2.55. The summed E-state index contributed by atoms with van der Waals surface area (Å²) in [6.07, 6.45) is 3.25. The summed E-state index contributed by atoms with van der Waals surface area (Å²) in [6.45, 7) is 12.6. The van der Waals surface area contributed by atoms with Crippen LogP contribution in [0.2, 0.25) is 0 Å². The quantitative estimate of drug-likeness (QED) is 0.813. The van der Waals surface area contributed by atoms with E-state index < -0.39 is 17.7 Å². The van der Waals surface area contributed by atoms with Crippen LogP contribution in [0.25, 0.3) is 0 Å². The lowest BCUT2D eigenvalue weighted by molar-refractivity contribution is -0.144. The number of nitrogens with zero attached hydrogens (tertiary/aromatic N) is 1. The smallest absolute Gasteiger partial charge is 0.328 e. The molecule has 2 fully saturated rings. The fourth-order valence-corrected chi connectivity index (χ4v) is 5.13. The van der Waals surface area contributed by atoms with Gasteiger partial charge in [0.15, 0.2) is 6.04 Å². The first-order chi connectivity index (χ1) is 13.0. The number of carboxylic acid groups (broad SMARTS) is 1. The largest absolute Gasteiger partial charge is 0.480 e. The van der Waals surface area contributed by atoms with Gasteiger partial charge in [-0.15, -0.1) is 0 Å². The molecule has 1 N–H and O–H groups in total. The number of benzene rings is 1. The van der Waals surface area contributed by atoms with Crippen molar-refractivity contribution in [3.8, 4) is 0 Å². The number of carboxylic acids is 1. The Balaban J connectivity index is 1.98. The second-order valence-electron chi connectivity index (χ2n) is 9.70. The Hall–Kier alpha value is -1.88. The minimum atomic E-state index is -0.995. The fraction of sp³-hybridized carbons (Fsp3) is 0.652. The lowest BCUT2D eigenvalue weighted by Gasteiger charge is -2.46. The van der Waals surface area contributed by atoms with E-state index >= 15 is 0 Å². The predicted molar refractivity (Wildman–Crippen MR) is 108 cm³/mol. The molecule has 1 atom stereocenters. The average Bonchev–Trinajstić information content (AvgIpc) is 2.92. The third-order valence-corrected chi connectivity index (χ3v) is 6.65. The van der Waals surface area contributed by atoms with Crippen LogP contribution in [0.1, 0.15) is 73.5 Å². The lowest BCUT2D eigenvalue weighted by atomic mass is 9.70. The number of amides is 1. The molecule has 1 aliphatic heterocycles. The highest BCUT2D eigenvalue weighted by atomic mass is 16.5. The predicted octanol–water partition coefficient (Wildman–Crippen LogP) is 4.47. The first-order valence-electron chi connectivity index (χ1n) is 10.2. The third-order valence-electron chi connectivity index (χ3n) is 6.65. The number of carbonyl (C=O) groups excluding carboxylic acids is 1. The summed E-state index contributed by atoms with van der Waals surface area (Å²) in [5, 5.41) is 9.78. The molecule has 0 aromatic heterocycles. The zero-order valence-corrected chi connectivity index (χ0v) is 18.0. The maximum atomic E-state index is 13.6. The minimum absolute atomic E-state index is 0.0607. The minimum Gasteiger partial charge on any atom is -0.480 e. The van der Waals surface area contributed by atoms with Crippen LogP contribution in [0.3, 0.4) is 0 Å². The molecule has 2 aliphatic rings. The average molecular weight is 388 g/mol. The zero-order chi connectivity index (χ0) is 20.9. The molecule has 1 saturated heterocycles. The number of hydrogen-bond acceptors (Lipinski definition) is 3. The van der Waals surface area contributed by atoms with E-state index in [0.29, 0.717) is 24.3 Å². The molecule has 1 spiro atoms. The summed E-state index contributed by atoms with van der Waals surface area (Å²) in [6, 6.07) is 3.03. The standard InChI is InChI=1S/C23H33NO4/c1-14-11-15(2)19(16(3)12-14)20(25)24-18(21(26)27)13-28-23(24)9-7-17(8-10-23)22(4,5)6/h11-12,17-18H,7-10,13H2,1-6H3,(H,26,27). The van der Waals surface area contributed by atoms with Crippen LogP contribution in [0.4, 0.5) is 0 Å². The topological polar surface area (TPSA) is 66.8 Å². The number of ether oxygens (including phenoxy) is 1. The van der Waals surface area contributed by atoms with Gasteiger partial charge in [-0.2, -0.15) is 0 Å². The van der Waals surface area contributed by atoms with Crippen molar-refractivity contribution in [1.29, 1.82) is 0 Å². The van der Waals surface area contributed by atoms with Crippen molar-refractivity contribution in [2.24, 2.45) is 11.3 Å². The van der Waals surface area contributed by atoms with Gasteiger partial charge in [-0.25, -0.2) is 4.79 Å². The molecule has 5 nitrogen and oxygen atoms in total. The second-order valence-corrected chi connectivity index (χ2v) is 9.70. The SMILES string of the molecule is Cc1cc(C)c(C(=O)N2C(C(=O)O)COC23CCC(C(C)(C)C)CC3)c(C)c1. The molecule has 1 saturated carbocycles. The number of hydrogen-bond donors (Lipinski definition) is 1. The van der Waals surface area contributed by atoms with Gasteiger partial charge in [-0.1, -0.05) is 38.5 Å². The van der Waals surface area contributed by atoms with Crippen LogP contribution in [0.15, 0.2) is 12.1 Å². The molecule has 1 aromatic carbocycles. The molecule has 1 aromatic rings. The molecule has 5 heteroatoms. The molecular formula is C23H33NO4. The van der Waals surface area contributed by atoms with Crippen molar-refractivity contribution in [3.63, 3.8) is 0 Å². The number of aliphatic carboxylic acids is 1. The Kier molecular flexibility index (Phi) is 5.34. The van der Waals surface area contributed by atoms with Crippen molar-refractivity contribution < 1.29 is 19.4 Å². The summed E-state index contributed by atoms with van der Waals surface area (Å²) in [5.41, 5.74) is 2.88. The molecule has 28 heavy (non-hydrogen) atoms. The van der Waals surface area contributed by atoms with Crippen molar-refractivity contribution in [2.45, 2.75) is 79.0 Å². The molecule has 3 rings (SSSR count). The van der Waals surface area contributed by atoms with Gasteiger partial charge in [0.1, 0.15) is 5.72 Å². The Morgan fingerprint density at radius 3 is 2.11 bits per heavy atom. The molecule has 0 bridgehead atoms. The summed E-state index contributed by atoms with van der Waals surface area (Å²) < 4.78 is 6.10. The van der Waals surface area contributed by atoms with Gasteiger partial charge in [0.2, 0.25) is 0 Å². The van der Waals surface area contributed by atoms with Crippen LogP contribution in [0.5, 0.6) is 0 Å². The molecule has 154 valence electrons. The molecule has 1 aliphatic carbocycles. The van der Waals surface area contributed by atoms with Crippen LogP contribution in [0, 0.1) is 32.1 Å². The number of aryl methyl sites for hydroxylation is 3. The summed E-state index contributed by atoms with van der Waals surface area (Å²) in [4.78, 5) is 27.2. The normalized spacial score (nSPS) is 28.0. The van der Waals surface area contributed by atoms with Gasteiger partial charge >= 0.3 is 5.97 Å². The Labute approximate surface area is 168 Å². The van der Waals surface area contributed by atoms with E-state index in [2.05, 4.69) is 20.8 Å². The van der Waals surface area contributed by atoms with Gasteiger partial charge in [0.05, 0.1) is 6.61 Å². The van der Waals surface area contributed by atoms with Gasteiger partial charge in [0.25, 0.3) is 5.91 Å². The van der Waals surface area contributed by atoms with E-state index in [-0.39, 0.29) is 17.9 Å². The Morgan fingerprint density at radius 2 is 1.64 bits per heavy atom. The van der Waals surface area contributed by atoms with E-state index in [4.69, 9.17) is 4.74 Å². The monoisotopic (exact) mass is 387 g/mol. The Morgan fingerprint density at radius 1 is 1.11 bits per heavy atom. The van der Waals surface area contributed by atoms with Gasteiger partial charge < -0.3 is 9.84 Å². The van der Waals surface area contributed by atoms with Crippen LogP contribution in [-0.2, 0) is 9.53 Å². The van der Waals surface area contributed by atoms with Crippen molar-refractivity contribution in [3.05, 3.63) is 34.4 Å². The summed E-state index contributed by atoms with van der Waals surface area (Å²) in [7, 11) is 0. The second kappa shape index (κ2) is 7.18. The molecule has 1 unspecified atom stereocenters. The van der Waals surface area contributed by atoms with Gasteiger partial charge in [-0.05, 0) is 68.9 Å². The van der Waals surface area contributed by atoms with Crippen molar-refractivity contribution in [2.75, 3.05) is 6.61 Å². The van der Waals surface area contributed by atoms with Crippen LogP contribution < -0.4 is 0 Å². The highest BCUT2D eigenvalue weighted by Crippen LogP contribution is 2.47. The fourth-order valence-electron chi connectivity index (χ4n) is 5.13. The first kappa shape index (κ1) is 20.8. The highest BCUT2D eigenvalue weighted by molar-refractivity contribution is 6.00. The summed E-state index contributed by atoms with van der Waals surface area (Å²) >= 11 is 0. The van der Waals surface area contributed by atoms with Gasteiger partial charge in [-0.3, -0.25) is 9.69 Å². The van der Waals surface area contributed by atoms with Gasteiger partial charge in [0, 0.05) is 5.56 Å². The van der Waals surface area contributed by atoms with E-state index in [1.165, 1.54) is 0 Å². The number of carbonyl (C=O) groups is 2. The maximum absolute atomic E-state index is 13.6. The van der Waals surface area contributed by atoms with Crippen LogP contribution in [-0.4, -0.2) is 40.3 Å². The molecular weight excluding hydrogens is 354 g/mol. The maximum Gasteiger partial charge on any atom is 0.328 e. The van der Waals surface area contributed by atoms with E-state index in [1.54, 1.807) is 4.90 Å². The molecule has 1 amide bonds.